The van der Waals surface area contributed by atoms with Gasteiger partial charge in [0.15, 0.2) is 0 Å². The number of hydrogen-bond donors (Lipinski definition) is 2. The van der Waals surface area contributed by atoms with Crippen molar-refractivity contribution in [2.75, 3.05) is 0 Å². The van der Waals surface area contributed by atoms with E-state index in [2.05, 4.69) is 0 Å². The van der Waals surface area contributed by atoms with Crippen molar-refractivity contribution in [2.45, 2.75) is 0 Å². The van der Waals surface area contributed by atoms with Crippen LogP contribution in [0, 0.1) is 10.8 Å². The molecular formula is C26H26N2O11S2Zn. The summed E-state index contributed by atoms with van der Waals surface area (Å²) in [6, 6.07) is 16.3. The Bertz CT molecular complexity index is 1580. The third kappa shape index (κ3) is 10.2. The first kappa shape index (κ1) is 40.3. The average Bonchev–Trinajstić information content (AvgIpc) is 2.88. The van der Waals surface area contributed by atoms with Gasteiger partial charge in [-0.05, 0) is 58.7 Å². The molecular weight excluding hydrogens is 646 g/mol. The zero-order valence-electron chi connectivity index (χ0n) is 23.5. The van der Waals surface area contributed by atoms with Crippen LogP contribution in [0.2, 0.25) is 0 Å². The van der Waals surface area contributed by atoms with Gasteiger partial charge in [0.05, 0.1) is 21.2 Å². The summed E-state index contributed by atoms with van der Waals surface area (Å²) in [7, 11) is -9.29. The van der Waals surface area contributed by atoms with E-state index in [1.165, 1.54) is 0 Å². The van der Waals surface area contributed by atoms with Gasteiger partial charge < -0.3 is 46.6 Å². The molecule has 0 saturated carbocycles. The fourth-order valence-corrected chi connectivity index (χ4v) is 4.22. The molecule has 0 unspecified atom stereocenters. The Morgan fingerprint density at radius 3 is 1.12 bits per heavy atom. The van der Waals surface area contributed by atoms with Crippen LogP contribution in [-0.2, 0) is 39.7 Å². The topological polar surface area (TPSA) is 303 Å². The van der Waals surface area contributed by atoms with Crippen LogP contribution >= 0.6 is 0 Å². The Hall–Kier alpha value is -3.86. The molecule has 0 amide bonds. The standard InChI is InChI=1S/2C13H11NO4S.3H2O.Zn/c2*14-12-7-6-10(19(16,17)18)8-11(12)13(15)9-4-2-1-3-5-9;;;;/h2*1-8,14-15H,(H,16,17,18);3*1H2;/q;;;;;+2/p-2/b2*13-11-,14-12?;;;;. The summed E-state index contributed by atoms with van der Waals surface area (Å²) in [6.45, 7) is 0. The molecule has 0 fully saturated rings. The van der Waals surface area contributed by atoms with Crippen LogP contribution in [0.3, 0.4) is 0 Å². The van der Waals surface area contributed by atoms with E-state index in [1.807, 2.05) is 0 Å². The molecule has 13 nitrogen and oxygen atoms in total. The van der Waals surface area contributed by atoms with Gasteiger partial charge in [-0.15, -0.1) is 0 Å². The van der Waals surface area contributed by atoms with Gasteiger partial charge >= 0.3 is 22.3 Å². The third-order valence-corrected chi connectivity index (χ3v) is 6.78. The number of nitrogens with one attached hydrogen (secondary N) is 2. The predicted molar refractivity (Wildman–Crippen MR) is 149 cm³/mol. The molecule has 2 aliphatic carbocycles. The first-order chi connectivity index (χ1) is 17.8. The maximum Gasteiger partial charge on any atom is 2.00 e. The molecule has 42 heavy (non-hydrogen) atoms. The van der Waals surface area contributed by atoms with Crippen LogP contribution in [0.4, 0.5) is 0 Å². The number of rotatable bonds is 4. The maximum absolute atomic E-state index is 12.1. The van der Waals surface area contributed by atoms with E-state index in [1.54, 1.807) is 60.7 Å². The summed E-state index contributed by atoms with van der Waals surface area (Å²) in [4.78, 5) is -1.02. The first-order valence-corrected chi connectivity index (χ1v) is 13.4. The Morgan fingerprint density at radius 2 is 0.857 bits per heavy atom. The molecule has 2 aromatic rings. The molecule has 0 aromatic heterocycles. The molecule has 0 heterocycles. The summed E-state index contributed by atoms with van der Waals surface area (Å²) < 4.78 is 65.6. The van der Waals surface area contributed by atoms with Gasteiger partial charge in [-0.25, -0.2) is 16.8 Å². The first-order valence-electron chi connectivity index (χ1n) is 10.6. The van der Waals surface area contributed by atoms with Crippen LogP contribution in [0.5, 0.6) is 0 Å². The van der Waals surface area contributed by atoms with Crippen LogP contribution in [0.25, 0.3) is 11.5 Å². The minimum Gasteiger partial charge on any atom is -0.872 e. The molecule has 0 radical (unpaired) electrons. The maximum atomic E-state index is 12.1. The summed E-state index contributed by atoms with van der Waals surface area (Å²) >= 11 is 0. The van der Waals surface area contributed by atoms with Crippen molar-refractivity contribution in [1.82, 2.24) is 0 Å². The van der Waals surface area contributed by atoms with Gasteiger partial charge in [-0.3, -0.25) is 0 Å². The van der Waals surface area contributed by atoms with Crippen molar-refractivity contribution in [3.8, 4) is 0 Å². The van der Waals surface area contributed by atoms with E-state index in [0.29, 0.717) is 11.1 Å². The van der Waals surface area contributed by atoms with Crippen molar-refractivity contribution >= 4 is 43.2 Å². The predicted octanol–water partition coefficient (Wildman–Crippen LogP) is -0.698. The Balaban J connectivity index is -0.000000320. The number of hydrogen-bond acceptors (Lipinski definition) is 10. The number of allylic oxidation sites excluding steroid dienone is 8. The molecule has 2 aromatic carbocycles. The normalized spacial score (nSPS) is 16.4. The third-order valence-electron chi connectivity index (χ3n) is 5.12. The second-order valence-corrected chi connectivity index (χ2v) is 10.5. The van der Waals surface area contributed by atoms with Crippen molar-refractivity contribution in [3.63, 3.8) is 0 Å². The van der Waals surface area contributed by atoms with E-state index < -0.39 is 41.6 Å². The fraction of sp³-hybridized carbons (Fsp3) is 0. The van der Waals surface area contributed by atoms with E-state index in [9.17, 15) is 36.2 Å². The fourth-order valence-electron chi connectivity index (χ4n) is 3.22. The molecule has 0 atom stereocenters. The Kier molecular flexibility index (Phi) is 15.9. The van der Waals surface area contributed by atoms with Crippen molar-refractivity contribution in [3.05, 3.63) is 129 Å². The van der Waals surface area contributed by atoms with Crippen molar-refractivity contribution in [2.24, 2.45) is 0 Å². The van der Waals surface area contributed by atoms with E-state index in [0.717, 1.165) is 36.5 Å². The van der Waals surface area contributed by atoms with E-state index in [4.69, 9.17) is 10.8 Å². The SMILES string of the molecule is N=C1C=CC(S(=O)(=O)[O-])=C/C1=C(/[O-])c1ccccc1.N=C1C=CC(S(=O)(=O)[O-])=C/C1=C(/[O-])c1ccccc1.O.O.O.[H+].[H+].[Zn+2]. The second-order valence-electron chi connectivity index (χ2n) is 7.71. The smallest absolute Gasteiger partial charge is 0.872 e. The van der Waals surface area contributed by atoms with Gasteiger partial charge in [0.1, 0.15) is 20.2 Å². The van der Waals surface area contributed by atoms with Gasteiger partial charge in [0.25, 0.3) is 0 Å². The monoisotopic (exact) mass is 670 g/mol. The van der Waals surface area contributed by atoms with Gasteiger partial charge in [-0.2, -0.15) is 0 Å². The van der Waals surface area contributed by atoms with Crippen molar-refractivity contribution < 1.29 is 74.9 Å². The summed E-state index contributed by atoms with van der Waals surface area (Å²) in [6.07, 6.45) is 6.18. The quantitative estimate of drug-likeness (QED) is 0.237. The molecule has 0 spiro atoms. The van der Waals surface area contributed by atoms with Gasteiger partial charge in [0, 0.05) is 0 Å². The molecule has 0 bridgehead atoms. The molecule has 220 valence electrons. The van der Waals surface area contributed by atoms with E-state index in [-0.39, 0.29) is 61.3 Å². The molecule has 0 saturated heterocycles. The zero-order valence-corrected chi connectivity index (χ0v) is 26.1. The summed E-state index contributed by atoms with van der Waals surface area (Å²) in [5, 5.41) is 39.5. The number of benzene rings is 2. The molecule has 2 aliphatic rings. The molecule has 8 N–H and O–H groups in total. The van der Waals surface area contributed by atoms with Gasteiger partial charge in [0.2, 0.25) is 0 Å². The molecule has 4 rings (SSSR count). The van der Waals surface area contributed by atoms with Crippen molar-refractivity contribution in [1.29, 1.82) is 10.8 Å². The zero-order chi connectivity index (χ0) is 28.1. The minimum absolute atomic E-state index is 0. The largest absolute Gasteiger partial charge is 2.00 e. The minimum atomic E-state index is -4.64. The Morgan fingerprint density at radius 1 is 0.571 bits per heavy atom. The van der Waals surface area contributed by atoms with Crippen LogP contribution in [0.15, 0.2) is 118 Å². The van der Waals surface area contributed by atoms with Crippen LogP contribution < -0.4 is 10.2 Å². The average molecular weight is 672 g/mol. The Labute approximate surface area is 257 Å². The summed E-state index contributed by atoms with van der Waals surface area (Å²) in [5.74, 6) is -0.979. The van der Waals surface area contributed by atoms with E-state index >= 15 is 0 Å². The second kappa shape index (κ2) is 16.6. The van der Waals surface area contributed by atoms with Gasteiger partial charge in [-0.1, -0.05) is 72.2 Å². The molecule has 0 aliphatic heterocycles. The summed E-state index contributed by atoms with van der Waals surface area (Å²) in [5.41, 5.74) is 0.196. The van der Waals surface area contributed by atoms with Crippen LogP contribution in [0.1, 0.15) is 14.0 Å². The molecule has 16 heteroatoms. The van der Waals surface area contributed by atoms with Crippen LogP contribution in [-0.4, -0.2) is 53.8 Å².